The van der Waals surface area contributed by atoms with Crippen LogP contribution in [-0.2, 0) is 4.74 Å². The van der Waals surface area contributed by atoms with E-state index in [4.69, 9.17) is 4.74 Å². The van der Waals surface area contributed by atoms with Crippen molar-refractivity contribution in [2.24, 2.45) is 0 Å². The summed E-state index contributed by atoms with van der Waals surface area (Å²) in [4.78, 5) is 24.1. The second kappa shape index (κ2) is 7.53. The molecule has 0 spiro atoms. The number of nitrogens with one attached hydrogen (secondary N) is 1. The molecule has 0 bridgehead atoms. The third kappa shape index (κ3) is 3.91. The number of halogens is 1. The van der Waals surface area contributed by atoms with Crippen LogP contribution in [0.3, 0.4) is 0 Å². The van der Waals surface area contributed by atoms with Gasteiger partial charge in [-0.05, 0) is 47.1 Å². The number of rotatable bonds is 5. The van der Waals surface area contributed by atoms with E-state index in [0.717, 1.165) is 21.7 Å². The molecule has 2 aromatic heterocycles. The molecule has 8 nitrogen and oxygen atoms in total. The summed E-state index contributed by atoms with van der Waals surface area (Å²) in [5.74, 6) is -0.990. The SMILES string of the molecule is CCOC(=O)c1nnsc1NC(=O)c1ccc(-n2cc(Br)cn2)cc1. The zero-order valence-corrected chi connectivity index (χ0v) is 15.4. The summed E-state index contributed by atoms with van der Waals surface area (Å²) in [6.45, 7) is 1.91. The Hall–Kier alpha value is -2.59. The molecule has 1 amide bonds. The van der Waals surface area contributed by atoms with E-state index >= 15 is 0 Å². The van der Waals surface area contributed by atoms with Gasteiger partial charge in [-0.3, -0.25) is 4.79 Å². The van der Waals surface area contributed by atoms with Gasteiger partial charge in [0.05, 0.1) is 23.0 Å². The predicted molar refractivity (Wildman–Crippen MR) is 95.1 cm³/mol. The van der Waals surface area contributed by atoms with Gasteiger partial charge in [0.1, 0.15) is 0 Å². The van der Waals surface area contributed by atoms with Crippen LogP contribution in [-0.4, -0.2) is 37.9 Å². The van der Waals surface area contributed by atoms with Gasteiger partial charge in [0.25, 0.3) is 5.91 Å². The number of esters is 1. The molecule has 0 aliphatic carbocycles. The fourth-order valence-corrected chi connectivity index (χ4v) is 2.83. The molecule has 0 aliphatic heterocycles. The van der Waals surface area contributed by atoms with Crippen molar-refractivity contribution in [2.45, 2.75) is 6.92 Å². The predicted octanol–water partition coefficient (Wildman–Crippen LogP) is 2.92. The van der Waals surface area contributed by atoms with Gasteiger partial charge in [0, 0.05) is 23.3 Å². The molecule has 3 rings (SSSR count). The van der Waals surface area contributed by atoms with Gasteiger partial charge in [-0.25, -0.2) is 9.48 Å². The molecule has 2 heterocycles. The fourth-order valence-electron chi connectivity index (χ4n) is 1.99. The van der Waals surface area contributed by atoms with Gasteiger partial charge in [-0.15, -0.1) is 5.10 Å². The van der Waals surface area contributed by atoms with E-state index in [0.29, 0.717) is 5.56 Å². The molecule has 0 saturated carbocycles. The van der Waals surface area contributed by atoms with Crippen LogP contribution >= 0.6 is 27.5 Å². The summed E-state index contributed by atoms with van der Waals surface area (Å²) in [5, 5.41) is 10.8. The van der Waals surface area contributed by atoms with Crippen molar-refractivity contribution < 1.29 is 14.3 Å². The van der Waals surface area contributed by atoms with Crippen molar-refractivity contribution in [1.82, 2.24) is 19.4 Å². The highest BCUT2D eigenvalue weighted by Gasteiger charge is 2.20. The number of ether oxygens (including phenoxy) is 1. The maximum Gasteiger partial charge on any atom is 0.362 e. The zero-order valence-electron chi connectivity index (χ0n) is 13.0. The second-order valence-corrected chi connectivity index (χ2v) is 6.45. The highest BCUT2D eigenvalue weighted by atomic mass is 79.9. The number of carbonyl (C=O) groups excluding carboxylic acids is 2. The first-order valence-corrected chi connectivity index (χ1v) is 8.76. The number of anilines is 1. The summed E-state index contributed by atoms with van der Waals surface area (Å²) in [5.41, 5.74) is 1.24. The van der Waals surface area contributed by atoms with Crippen LogP contribution in [0.4, 0.5) is 5.00 Å². The molecule has 25 heavy (non-hydrogen) atoms. The Morgan fingerprint density at radius 1 is 1.32 bits per heavy atom. The molecule has 0 fully saturated rings. The van der Waals surface area contributed by atoms with Crippen molar-refractivity contribution in [3.63, 3.8) is 0 Å². The molecule has 0 unspecified atom stereocenters. The summed E-state index contributed by atoms with van der Waals surface area (Å²) >= 11 is 4.25. The van der Waals surface area contributed by atoms with Gasteiger partial charge in [-0.1, -0.05) is 4.49 Å². The average Bonchev–Trinajstić information content (AvgIpc) is 3.24. The molecule has 1 N–H and O–H groups in total. The number of hydrogen-bond acceptors (Lipinski definition) is 7. The Bertz CT molecular complexity index is 906. The monoisotopic (exact) mass is 421 g/mol. The first-order valence-electron chi connectivity index (χ1n) is 7.20. The Morgan fingerprint density at radius 2 is 2.08 bits per heavy atom. The van der Waals surface area contributed by atoms with E-state index in [1.807, 2.05) is 6.20 Å². The molecule has 0 saturated heterocycles. The van der Waals surface area contributed by atoms with Crippen molar-refractivity contribution in [2.75, 3.05) is 11.9 Å². The molecular formula is C15H12BrN5O3S. The minimum absolute atomic E-state index is 0.00166. The lowest BCUT2D eigenvalue weighted by molar-refractivity contribution is 0.0520. The smallest absolute Gasteiger partial charge is 0.362 e. The molecule has 0 atom stereocenters. The van der Waals surface area contributed by atoms with Gasteiger partial charge in [-0.2, -0.15) is 5.10 Å². The third-order valence-electron chi connectivity index (χ3n) is 3.13. The van der Waals surface area contributed by atoms with E-state index in [1.54, 1.807) is 42.1 Å². The minimum atomic E-state index is -0.619. The van der Waals surface area contributed by atoms with Crippen molar-refractivity contribution in [3.05, 3.63) is 52.4 Å². The highest BCUT2D eigenvalue weighted by Crippen LogP contribution is 2.20. The quantitative estimate of drug-likeness (QED) is 0.635. The number of hydrogen-bond donors (Lipinski definition) is 1. The lowest BCUT2D eigenvalue weighted by atomic mass is 10.2. The van der Waals surface area contributed by atoms with Gasteiger partial charge >= 0.3 is 5.97 Å². The summed E-state index contributed by atoms with van der Waals surface area (Å²) in [6.07, 6.45) is 3.48. The van der Waals surface area contributed by atoms with E-state index in [-0.39, 0.29) is 23.2 Å². The first-order chi connectivity index (χ1) is 12.1. The molecule has 3 aromatic rings. The lowest BCUT2D eigenvalue weighted by Gasteiger charge is -2.06. The number of benzene rings is 1. The fraction of sp³-hybridized carbons (Fsp3) is 0.133. The molecule has 128 valence electrons. The molecule has 0 radical (unpaired) electrons. The van der Waals surface area contributed by atoms with Gasteiger partial charge in [0.15, 0.2) is 5.00 Å². The van der Waals surface area contributed by atoms with Crippen LogP contribution in [0.1, 0.15) is 27.8 Å². The maximum absolute atomic E-state index is 12.4. The van der Waals surface area contributed by atoms with E-state index in [9.17, 15) is 9.59 Å². The van der Waals surface area contributed by atoms with Crippen LogP contribution in [0, 0.1) is 0 Å². The molecule has 10 heteroatoms. The minimum Gasteiger partial charge on any atom is -0.461 e. The average molecular weight is 422 g/mol. The molecule has 0 aliphatic rings. The number of aromatic nitrogens is 4. The lowest BCUT2D eigenvalue weighted by Crippen LogP contribution is -2.15. The summed E-state index contributed by atoms with van der Waals surface area (Å²) in [7, 11) is 0. The van der Waals surface area contributed by atoms with Gasteiger partial charge in [0.2, 0.25) is 5.69 Å². The summed E-state index contributed by atoms with van der Waals surface area (Å²) < 4.78 is 11.1. The normalized spacial score (nSPS) is 10.5. The maximum atomic E-state index is 12.4. The second-order valence-electron chi connectivity index (χ2n) is 4.78. The Morgan fingerprint density at radius 3 is 2.72 bits per heavy atom. The number of amides is 1. The number of carbonyl (C=O) groups is 2. The first kappa shape index (κ1) is 17.2. The van der Waals surface area contributed by atoms with Crippen LogP contribution in [0.25, 0.3) is 5.69 Å². The molecule has 1 aromatic carbocycles. The largest absolute Gasteiger partial charge is 0.461 e. The zero-order chi connectivity index (χ0) is 17.8. The van der Waals surface area contributed by atoms with Gasteiger partial charge < -0.3 is 10.1 Å². The van der Waals surface area contributed by atoms with Crippen LogP contribution in [0.2, 0.25) is 0 Å². The Kier molecular flexibility index (Phi) is 5.19. The number of nitrogens with zero attached hydrogens (tertiary/aromatic N) is 4. The van der Waals surface area contributed by atoms with E-state index in [1.165, 1.54) is 0 Å². The standard InChI is InChI=1S/C15H12BrN5O3S/c1-2-24-15(23)12-14(25-20-19-12)18-13(22)9-3-5-11(6-4-9)21-8-10(16)7-17-21/h3-8H,2H2,1H3,(H,18,22). The highest BCUT2D eigenvalue weighted by molar-refractivity contribution is 9.10. The van der Waals surface area contributed by atoms with E-state index in [2.05, 4.69) is 35.9 Å². The topological polar surface area (TPSA) is 99.0 Å². The van der Waals surface area contributed by atoms with Crippen molar-refractivity contribution in [3.8, 4) is 5.69 Å². The Balaban J connectivity index is 1.74. The van der Waals surface area contributed by atoms with Crippen molar-refractivity contribution in [1.29, 1.82) is 0 Å². The Labute approximate surface area is 155 Å². The van der Waals surface area contributed by atoms with Crippen molar-refractivity contribution >= 4 is 44.3 Å². The van der Waals surface area contributed by atoms with Crippen LogP contribution in [0.5, 0.6) is 0 Å². The van der Waals surface area contributed by atoms with E-state index < -0.39 is 5.97 Å². The summed E-state index contributed by atoms with van der Waals surface area (Å²) in [6, 6.07) is 6.87. The van der Waals surface area contributed by atoms with Crippen LogP contribution < -0.4 is 5.32 Å². The van der Waals surface area contributed by atoms with Crippen LogP contribution in [0.15, 0.2) is 41.1 Å². The third-order valence-corrected chi connectivity index (χ3v) is 4.18. The molecular weight excluding hydrogens is 410 g/mol.